The lowest BCUT2D eigenvalue weighted by Crippen LogP contribution is -2.29. The number of amides is 2. The number of aryl methyl sites for hydroxylation is 2. The van der Waals surface area contributed by atoms with E-state index in [2.05, 4.69) is 11.7 Å². The first-order valence-electron chi connectivity index (χ1n) is 10.2. The molecule has 0 N–H and O–H groups in total. The molecule has 0 aliphatic carbocycles. The van der Waals surface area contributed by atoms with Crippen molar-refractivity contribution >= 4 is 23.6 Å². The molecule has 0 spiro atoms. The zero-order chi connectivity index (χ0) is 23.9. The summed E-state index contributed by atoms with van der Waals surface area (Å²) < 4.78 is 12.1. The molecule has 1 aromatic carbocycles. The quantitative estimate of drug-likeness (QED) is 0.237. The van der Waals surface area contributed by atoms with Crippen LogP contribution in [0.25, 0.3) is 5.82 Å². The van der Waals surface area contributed by atoms with Crippen molar-refractivity contribution in [3.05, 3.63) is 82.4 Å². The molecule has 4 rings (SSSR count). The van der Waals surface area contributed by atoms with Gasteiger partial charge in [-0.15, -0.1) is 6.58 Å². The summed E-state index contributed by atoms with van der Waals surface area (Å²) in [5.41, 5.74) is 2.23. The van der Waals surface area contributed by atoms with Gasteiger partial charge in [0.1, 0.15) is 5.76 Å². The molecule has 2 aromatic heterocycles. The van der Waals surface area contributed by atoms with Gasteiger partial charge in [-0.3, -0.25) is 23.9 Å². The van der Waals surface area contributed by atoms with Crippen LogP contribution in [0.5, 0.6) is 0 Å². The molecule has 0 saturated carbocycles. The number of nitrogens with zero attached hydrogens (tertiary/aromatic N) is 3. The summed E-state index contributed by atoms with van der Waals surface area (Å²) >= 11 is 0. The van der Waals surface area contributed by atoms with E-state index in [0.29, 0.717) is 22.8 Å². The molecule has 0 radical (unpaired) electrons. The Hall–Kier alpha value is -4.27. The van der Waals surface area contributed by atoms with Gasteiger partial charge in [0.15, 0.2) is 12.4 Å². The molecule has 2 amide bonds. The first-order chi connectivity index (χ1) is 15.7. The lowest BCUT2D eigenvalue weighted by Gasteiger charge is -2.09. The summed E-state index contributed by atoms with van der Waals surface area (Å²) in [5.74, 6) is -0.899. The van der Waals surface area contributed by atoms with Crippen LogP contribution in [0.1, 0.15) is 58.6 Å². The minimum absolute atomic E-state index is 0.0756. The molecule has 0 bridgehead atoms. The van der Waals surface area contributed by atoms with Crippen molar-refractivity contribution in [1.82, 2.24) is 14.6 Å². The molecular weight excluding hydrogens is 426 g/mol. The minimum Gasteiger partial charge on any atom is -0.454 e. The molecule has 1 aliphatic rings. The second-order valence-electron chi connectivity index (χ2n) is 7.69. The van der Waals surface area contributed by atoms with Crippen molar-refractivity contribution in [2.24, 2.45) is 0 Å². The number of hydrogen-bond acceptors (Lipinski definition) is 7. The number of fused-ring (bicyclic) bond motifs is 1. The molecule has 9 nitrogen and oxygen atoms in total. The Labute approximate surface area is 189 Å². The molecule has 0 saturated heterocycles. The molecule has 9 heteroatoms. The van der Waals surface area contributed by atoms with Gasteiger partial charge >= 0.3 is 5.97 Å². The maximum atomic E-state index is 12.8. The summed E-state index contributed by atoms with van der Waals surface area (Å²) in [6, 6.07) is 7.57. The van der Waals surface area contributed by atoms with Gasteiger partial charge in [0.05, 0.1) is 16.7 Å². The van der Waals surface area contributed by atoms with Crippen LogP contribution in [0.3, 0.4) is 0 Å². The number of ketones is 1. The molecule has 1 aliphatic heterocycles. The van der Waals surface area contributed by atoms with Crippen molar-refractivity contribution < 1.29 is 28.4 Å². The first kappa shape index (κ1) is 21.9. The van der Waals surface area contributed by atoms with Crippen LogP contribution in [-0.4, -0.2) is 51.3 Å². The predicted molar refractivity (Wildman–Crippen MR) is 117 cm³/mol. The van der Waals surface area contributed by atoms with Crippen molar-refractivity contribution in [1.29, 1.82) is 0 Å². The number of carbonyl (C=O) groups is 4. The third-order valence-electron chi connectivity index (χ3n) is 5.43. The highest BCUT2D eigenvalue weighted by Gasteiger charge is 2.35. The molecule has 0 unspecified atom stereocenters. The summed E-state index contributed by atoms with van der Waals surface area (Å²) in [6.45, 7) is 8.51. The van der Waals surface area contributed by atoms with Crippen LogP contribution < -0.4 is 0 Å². The summed E-state index contributed by atoms with van der Waals surface area (Å²) in [4.78, 5) is 51.1. The molecule has 3 aromatic rings. The van der Waals surface area contributed by atoms with Crippen LogP contribution in [0.15, 0.2) is 47.5 Å². The zero-order valence-corrected chi connectivity index (χ0v) is 18.4. The minimum atomic E-state index is -0.769. The highest BCUT2D eigenvalue weighted by Crippen LogP contribution is 2.25. The van der Waals surface area contributed by atoms with Crippen molar-refractivity contribution in [3.63, 3.8) is 0 Å². The van der Waals surface area contributed by atoms with E-state index in [0.717, 1.165) is 10.6 Å². The van der Waals surface area contributed by atoms with Gasteiger partial charge < -0.3 is 9.26 Å². The van der Waals surface area contributed by atoms with E-state index >= 15 is 0 Å². The molecule has 33 heavy (non-hydrogen) atoms. The first-order valence-corrected chi connectivity index (χ1v) is 10.2. The fraction of sp³-hybridized carbons (Fsp3) is 0.208. The van der Waals surface area contributed by atoms with Crippen LogP contribution in [0.2, 0.25) is 0 Å². The van der Waals surface area contributed by atoms with E-state index in [1.165, 1.54) is 24.3 Å². The van der Waals surface area contributed by atoms with E-state index < -0.39 is 24.4 Å². The Balaban J connectivity index is 1.48. The third-order valence-corrected chi connectivity index (χ3v) is 5.43. The monoisotopic (exact) mass is 447 g/mol. The van der Waals surface area contributed by atoms with Gasteiger partial charge in [0.25, 0.3) is 11.8 Å². The number of aromatic nitrogens is 2. The number of carbonyl (C=O) groups excluding carboxylic acids is 4. The lowest BCUT2D eigenvalue weighted by atomic mass is 10.1. The largest absolute Gasteiger partial charge is 0.454 e. The maximum absolute atomic E-state index is 12.8. The van der Waals surface area contributed by atoms with Crippen LogP contribution in [0.4, 0.5) is 0 Å². The second kappa shape index (κ2) is 8.34. The molecular formula is C24H21N3O6. The van der Waals surface area contributed by atoms with E-state index in [4.69, 9.17) is 9.26 Å². The fourth-order valence-electron chi connectivity index (χ4n) is 3.86. The Kier molecular flexibility index (Phi) is 5.55. The molecule has 3 heterocycles. The van der Waals surface area contributed by atoms with E-state index in [9.17, 15) is 19.2 Å². The lowest BCUT2D eigenvalue weighted by molar-refractivity contribution is 0.0474. The average molecular weight is 447 g/mol. The Morgan fingerprint density at radius 2 is 1.82 bits per heavy atom. The van der Waals surface area contributed by atoms with Crippen LogP contribution in [-0.2, 0) is 4.74 Å². The van der Waals surface area contributed by atoms with Gasteiger partial charge in [0, 0.05) is 29.6 Å². The van der Waals surface area contributed by atoms with E-state index in [1.54, 1.807) is 30.5 Å². The summed E-state index contributed by atoms with van der Waals surface area (Å²) in [7, 11) is 0. The number of Topliss-reactive ketones (excluding diaryl/α,β-unsaturated/α-hetero) is 1. The number of ether oxygens (including phenoxy) is 1. The van der Waals surface area contributed by atoms with Crippen molar-refractivity contribution in [3.8, 4) is 5.82 Å². The highest BCUT2D eigenvalue weighted by molar-refractivity contribution is 6.22. The van der Waals surface area contributed by atoms with Gasteiger partial charge in [-0.1, -0.05) is 11.2 Å². The van der Waals surface area contributed by atoms with Gasteiger partial charge in [-0.25, -0.2) is 4.79 Å². The summed E-state index contributed by atoms with van der Waals surface area (Å²) in [5, 5.41) is 3.98. The fourth-order valence-corrected chi connectivity index (χ4v) is 3.86. The number of benzene rings is 1. The Bertz CT molecular complexity index is 1330. The Morgan fingerprint density at radius 3 is 2.48 bits per heavy atom. The van der Waals surface area contributed by atoms with Crippen molar-refractivity contribution in [2.75, 3.05) is 13.2 Å². The normalized spacial score (nSPS) is 12.8. The topological polar surface area (TPSA) is 112 Å². The standard InChI is InChI=1S/C24H21N3O6/c1-5-8-26-22(29)17-7-6-16(11-19(17)23(26)30)24(31)32-12-20(28)18-9-13(2)27(15(18)4)21-10-14(3)33-25-21/h5-7,9-11H,1,8,12H2,2-4H3. The highest BCUT2D eigenvalue weighted by atomic mass is 16.5. The smallest absolute Gasteiger partial charge is 0.338 e. The third kappa shape index (κ3) is 3.78. The maximum Gasteiger partial charge on any atom is 0.338 e. The number of esters is 1. The van der Waals surface area contributed by atoms with Gasteiger partial charge in [0.2, 0.25) is 5.78 Å². The average Bonchev–Trinajstić information content (AvgIpc) is 3.42. The van der Waals surface area contributed by atoms with Gasteiger partial charge in [-0.05, 0) is 45.0 Å². The number of hydrogen-bond donors (Lipinski definition) is 0. The molecule has 0 fully saturated rings. The number of imide groups is 1. The van der Waals surface area contributed by atoms with E-state index in [1.807, 2.05) is 6.92 Å². The zero-order valence-electron chi connectivity index (χ0n) is 18.4. The number of rotatable bonds is 7. The van der Waals surface area contributed by atoms with Crippen LogP contribution >= 0.6 is 0 Å². The van der Waals surface area contributed by atoms with Gasteiger partial charge in [-0.2, -0.15) is 0 Å². The van der Waals surface area contributed by atoms with Crippen LogP contribution in [0, 0.1) is 20.8 Å². The second-order valence-corrected chi connectivity index (χ2v) is 7.69. The van der Waals surface area contributed by atoms with Crippen molar-refractivity contribution in [2.45, 2.75) is 20.8 Å². The Morgan fingerprint density at radius 1 is 1.09 bits per heavy atom. The van der Waals surface area contributed by atoms with E-state index in [-0.39, 0.29) is 29.0 Å². The molecule has 0 atom stereocenters. The predicted octanol–water partition coefficient (Wildman–Crippen LogP) is 3.21. The SMILES string of the molecule is C=CCN1C(=O)c2ccc(C(=O)OCC(=O)c3cc(C)n(-c4cc(C)on4)c3C)cc2C1=O. The molecule has 168 valence electrons. The summed E-state index contributed by atoms with van der Waals surface area (Å²) in [6.07, 6.45) is 1.45.